The molecule has 0 atom stereocenters. The Labute approximate surface area is 73.3 Å². The van der Waals surface area contributed by atoms with E-state index in [2.05, 4.69) is 32.1 Å². The smallest absolute Gasteiger partial charge is 0.170 e. The molecule has 1 aromatic rings. The number of aromatic nitrogens is 2. The molecule has 67 valence electrons. The van der Waals surface area contributed by atoms with Gasteiger partial charge in [-0.3, -0.25) is 4.68 Å². The van der Waals surface area contributed by atoms with Gasteiger partial charge in [0.25, 0.3) is 0 Å². The van der Waals surface area contributed by atoms with Crippen LogP contribution in [0.25, 0.3) is 0 Å². The van der Waals surface area contributed by atoms with Gasteiger partial charge in [-0.2, -0.15) is 5.10 Å². The molecule has 1 aromatic heterocycles. The third-order valence-corrected chi connectivity index (χ3v) is 1.64. The average Bonchev–Trinajstić information content (AvgIpc) is 2.29. The molecular weight excluding hydrogens is 152 g/mol. The molecule has 0 amide bonds. The van der Waals surface area contributed by atoms with Crippen LogP contribution in [0.15, 0.2) is 0 Å². The van der Waals surface area contributed by atoms with Crippen molar-refractivity contribution in [2.24, 2.45) is 7.05 Å². The van der Waals surface area contributed by atoms with Crippen LogP contribution in [0.1, 0.15) is 26.5 Å². The largest absolute Gasteiger partial charge is 0.492 e. The predicted octanol–water partition coefficient (Wildman–Crippen LogP) is 1.53. The molecule has 1 heterocycles. The number of nitrogens with zero attached hydrogens (tertiary/aromatic N) is 2. The Morgan fingerprint density at radius 1 is 1.42 bits per heavy atom. The summed E-state index contributed by atoms with van der Waals surface area (Å²) in [6, 6.07) is 0. The van der Waals surface area contributed by atoms with Gasteiger partial charge < -0.3 is 4.74 Å². The molecule has 0 aliphatic rings. The lowest BCUT2D eigenvalue weighted by Crippen LogP contribution is -2.13. The van der Waals surface area contributed by atoms with Crippen molar-refractivity contribution in [2.45, 2.75) is 26.2 Å². The second-order valence-corrected chi connectivity index (χ2v) is 3.87. The van der Waals surface area contributed by atoms with Crippen molar-refractivity contribution < 1.29 is 4.74 Å². The first-order valence-electron chi connectivity index (χ1n) is 3.96. The van der Waals surface area contributed by atoms with Gasteiger partial charge in [0.15, 0.2) is 5.75 Å². The minimum absolute atomic E-state index is 0.0170. The molecule has 12 heavy (non-hydrogen) atoms. The monoisotopic (exact) mass is 167 g/mol. The van der Waals surface area contributed by atoms with Gasteiger partial charge in [-0.05, 0) is 0 Å². The van der Waals surface area contributed by atoms with Gasteiger partial charge in [0.2, 0.25) is 0 Å². The third kappa shape index (κ3) is 1.60. The second kappa shape index (κ2) is 2.81. The van der Waals surface area contributed by atoms with E-state index in [1.54, 1.807) is 11.8 Å². The Bertz CT molecular complexity index is 271. The molecule has 0 aliphatic heterocycles. The third-order valence-electron chi connectivity index (χ3n) is 1.64. The van der Waals surface area contributed by atoms with Crippen LogP contribution in [-0.4, -0.2) is 16.9 Å². The Hall–Kier alpha value is -0.990. The van der Waals surface area contributed by atoms with Crippen LogP contribution in [0.2, 0.25) is 0 Å². The maximum absolute atomic E-state index is 5.15. The normalized spacial score (nSPS) is 11.8. The molecule has 0 N–H and O–H groups in total. The number of aryl methyl sites for hydroxylation is 1. The van der Waals surface area contributed by atoms with Gasteiger partial charge in [-0.15, -0.1) is 0 Å². The molecule has 0 aromatic carbocycles. The Morgan fingerprint density at radius 2 is 2.00 bits per heavy atom. The molecule has 0 unspecified atom stereocenters. The summed E-state index contributed by atoms with van der Waals surface area (Å²) in [6.45, 7) is 6.31. The maximum Gasteiger partial charge on any atom is 0.170 e. The van der Waals surface area contributed by atoms with Crippen LogP contribution in [0, 0.1) is 6.20 Å². The van der Waals surface area contributed by atoms with E-state index in [0.29, 0.717) is 0 Å². The molecular formula is C9H15N2O. The van der Waals surface area contributed by atoms with E-state index >= 15 is 0 Å². The SMILES string of the molecule is COc1[c]n(C)nc1C(C)(C)C. The molecule has 1 radical (unpaired) electrons. The quantitative estimate of drug-likeness (QED) is 0.634. The molecule has 0 saturated carbocycles. The lowest BCUT2D eigenvalue weighted by atomic mass is 9.92. The highest BCUT2D eigenvalue weighted by atomic mass is 16.5. The van der Waals surface area contributed by atoms with Crippen molar-refractivity contribution >= 4 is 0 Å². The molecule has 0 fully saturated rings. The van der Waals surface area contributed by atoms with Gasteiger partial charge in [0, 0.05) is 12.5 Å². The first-order chi connectivity index (χ1) is 5.45. The van der Waals surface area contributed by atoms with Crippen LogP contribution < -0.4 is 4.74 Å². The van der Waals surface area contributed by atoms with Gasteiger partial charge in [-0.25, -0.2) is 0 Å². The lowest BCUT2D eigenvalue weighted by molar-refractivity contribution is 0.396. The van der Waals surface area contributed by atoms with E-state index in [9.17, 15) is 0 Å². The number of rotatable bonds is 1. The van der Waals surface area contributed by atoms with Crippen LogP contribution >= 0.6 is 0 Å². The van der Waals surface area contributed by atoms with Crippen molar-refractivity contribution in [3.8, 4) is 5.75 Å². The summed E-state index contributed by atoms with van der Waals surface area (Å²) in [4.78, 5) is 0. The maximum atomic E-state index is 5.15. The number of ether oxygens (including phenoxy) is 1. The van der Waals surface area contributed by atoms with Gasteiger partial charge in [0.1, 0.15) is 11.9 Å². The van der Waals surface area contributed by atoms with Gasteiger partial charge >= 0.3 is 0 Å². The molecule has 0 spiro atoms. The first kappa shape index (κ1) is 9.10. The van der Waals surface area contributed by atoms with Crippen LogP contribution in [-0.2, 0) is 12.5 Å². The summed E-state index contributed by atoms with van der Waals surface area (Å²) in [5, 5.41) is 4.29. The Balaban J connectivity index is 3.13. The van der Waals surface area contributed by atoms with Crippen LogP contribution in [0.3, 0.4) is 0 Å². The highest BCUT2D eigenvalue weighted by molar-refractivity contribution is 5.29. The number of methoxy groups -OCH3 is 1. The summed E-state index contributed by atoms with van der Waals surface area (Å²) in [5.41, 5.74) is 0.968. The van der Waals surface area contributed by atoms with E-state index in [0.717, 1.165) is 11.4 Å². The van der Waals surface area contributed by atoms with Gasteiger partial charge in [-0.1, -0.05) is 20.8 Å². The standard InChI is InChI=1S/C9H15N2O/c1-9(2,3)8-7(12-5)6-11(4)10-8/h1-5H3. The highest BCUT2D eigenvalue weighted by Gasteiger charge is 2.22. The van der Waals surface area contributed by atoms with Crippen LogP contribution in [0.4, 0.5) is 0 Å². The van der Waals surface area contributed by atoms with Gasteiger partial charge in [0.05, 0.1) is 7.11 Å². The fourth-order valence-electron chi connectivity index (χ4n) is 1.05. The zero-order valence-corrected chi connectivity index (χ0v) is 8.30. The molecule has 3 heteroatoms. The minimum Gasteiger partial charge on any atom is -0.492 e. The summed E-state index contributed by atoms with van der Waals surface area (Å²) in [6.07, 6.45) is 2.98. The Kier molecular flexibility index (Phi) is 2.13. The van der Waals surface area contributed by atoms with E-state index < -0.39 is 0 Å². The number of hydrogen-bond donors (Lipinski definition) is 0. The summed E-state index contributed by atoms with van der Waals surface area (Å²) < 4.78 is 6.81. The minimum atomic E-state index is 0.0170. The van der Waals surface area contributed by atoms with Crippen molar-refractivity contribution in [3.63, 3.8) is 0 Å². The summed E-state index contributed by atoms with van der Waals surface area (Å²) in [7, 11) is 3.49. The van der Waals surface area contributed by atoms with Crippen molar-refractivity contribution in [1.82, 2.24) is 9.78 Å². The molecule has 1 rings (SSSR count). The fraction of sp³-hybridized carbons (Fsp3) is 0.667. The summed E-state index contributed by atoms with van der Waals surface area (Å²) in [5.74, 6) is 0.741. The highest BCUT2D eigenvalue weighted by Crippen LogP contribution is 2.28. The molecule has 0 bridgehead atoms. The lowest BCUT2D eigenvalue weighted by Gasteiger charge is -2.15. The van der Waals surface area contributed by atoms with Crippen molar-refractivity contribution in [2.75, 3.05) is 7.11 Å². The fourth-order valence-corrected chi connectivity index (χ4v) is 1.05. The summed E-state index contributed by atoms with van der Waals surface area (Å²) >= 11 is 0. The van der Waals surface area contributed by atoms with E-state index in [-0.39, 0.29) is 5.41 Å². The topological polar surface area (TPSA) is 27.1 Å². The Morgan fingerprint density at radius 3 is 2.33 bits per heavy atom. The average molecular weight is 167 g/mol. The molecule has 0 aliphatic carbocycles. The van der Waals surface area contributed by atoms with Crippen molar-refractivity contribution in [3.05, 3.63) is 11.9 Å². The molecule has 0 saturated heterocycles. The first-order valence-corrected chi connectivity index (χ1v) is 3.96. The predicted molar refractivity (Wildman–Crippen MR) is 47.3 cm³/mol. The van der Waals surface area contributed by atoms with E-state index in [4.69, 9.17) is 4.74 Å². The zero-order valence-electron chi connectivity index (χ0n) is 8.30. The van der Waals surface area contributed by atoms with E-state index in [1.165, 1.54) is 0 Å². The zero-order chi connectivity index (χ0) is 9.35. The van der Waals surface area contributed by atoms with E-state index in [1.807, 2.05) is 7.05 Å². The van der Waals surface area contributed by atoms with Crippen molar-refractivity contribution in [1.29, 1.82) is 0 Å². The van der Waals surface area contributed by atoms with Crippen LogP contribution in [0.5, 0.6) is 5.75 Å². The number of hydrogen-bond acceptors (Lipinski definition) is 2. The molecule has 3 nitrogen and oxygen atoms in total. The second-order valence-electron chi connectivity index (χ2n) is 3.87.